The van der Waals surface area contributed by atoms with Gasteiger partial charge in [0, 0.05) is 25.5 Å². The Morgan fingerprint density at radius 1 is 1.00 bits per heavy atom. The van der Waals surface area contributed by atoms with E-state index in [2.05, 4.69) is 18.1 Å². The van der Waals surface area contributed by atoms with Crippen molar-refractivity contribution in [2.24, 2.45) is 0 Å². The molecule has 27 heavy (non-hydrogen) atoms. The molecule has 2 rings (SSSR count). The molecule has 0 aliphatic carbocycles. The van der Waals surface area contributed by atoms with Crippen LogP contribution in [0.15, 0.2) is 74.1 Å². The van der Waals surface area contributed by atoms with E-state index in [0.717, 1.165) is 11.1 Å². The zero-order chi connectivity index (χ0) is 19.7. The van der Waals surface area contributed by atoms with Crippen LogP contribution in [0.2, 0.25) is 0 Å². The van der Waals surface area contributed by atoms with E-state index in [1.165, 1.54) is 0 Å². The minimum absolute atomic E-state index is 0.107. The van der Waals surface area contributed by atoms with Gasteiger partial charge in [-0.05, 0) is 49.2 Å². The molecule has 0 saturated heterocycles. The Morgan fingerprint density at radius 2 is 1.52 bits per heavy atom. The van der Waals surface area contributed by atoms with Gasteiger partial charge in [0.1, 0.15) is 5.75 Å². The molecule has 140 valence electrons. The van der Waals surface area contributed by atoms with Crippen LogP contribution >= 0.6 is 0 Å². The molecule has 1 amide bonds. The van der Waals surface area contributed by atoms with Crippen molar-refractivity contribution in [3.63, 3.8) is 0 Å². The van der Waals surface area contributed by atoms with Crippen molar-refractivity contribution in [2.45, 2.75) is 19.4 Å². The van der Waals surface area contributed by atoms with Crippen molar-refractivity contribution in [1.29, 1.82) is 0 Å². The number of benzene rings is 1. The van der Waals surface area contributed by atoms with Crippen molar-refractivity contribution in [3.8, 4) is 5.75 Å². The number of nitrogens with zero attached hydrogens (tertiary/aromatic N) is 2. The second-order valence-corrected chi connectivity index (χ2v) is 6.58. The van der Waals surface area contributed by atoms with Crippen LogP contribution in [-0.4, -0.2) is 34.5 Å². The summed E-state index contributed by atoms with van der Waals surface area (Å²) in [6.45, 7) is 11.9. The highest BCUT2D eigenvalue weighted by Gasteiger charge is 2.33. The van der Waals surface area contributed by atoms with Gasteiger partial charge in [-0.2, -0.15) is 0 Å². The van der Waals surface area contributed by atoms with Gasteiger partial charge in [-0.3, -0.25) is 9.78 Å². The number of aromatic nitrogens is 1. The van der Waals surface area contributed by atoms with E-state index >= 15 is 0 Å². The van der Waals surface area contributed by atoms with Crippen LogP contribution in [0, 0.1) is 0 Å². The summed E-state index contributed by atoms with van der Waals surface area (Å²) in [4.78, 5) is 18.4. The molecule has 0 saturated carbocycles. The second kappa shape index (κ2) is 9.53. The zero-order valence-corrected chi connectivity index (χ0v) is 16.0. The number of rotatable bonds is 9. The molecule has 1 aromatic heterocycles. The van der Waals surface area contributed by atoms with Crippen LogP contribution in [0.5, 0.6) is 5.75 Å². The predicted octanol–water partition coefficient (Wildman–Crippen LogP) is 4.61. The van der Waals surface area contributed by atoms with Crippen molar-refractivity contribution < 1.29 is 9.53 Å². The van der Waals surface area contributed by atoms with E-state index in [9.17, 15) is 4.79 Å². The maximum atomic E-state index is 12.8. The Balaban J connectivity index is 2.05. The van der Waals surface area contributed by atoms with Crippen molar-refractivity contribution in [2.75, 3.05) is 13.1 Å². The third-order valence-electron chi connectivity index (χ3n) is 3.93. The number of carbonyl (C=O) groups excluding carboxylic acids is 1. The summed E-state index contributed by atoms with van der Waals surface area (Å²) < 4.78 is 5.96. The zero-order valence-electron chi connectivity index (χ0n) is 16.0. The third-order valence-corrected chi connectivity index (χ3v) is 3.93. The summed E-state index contributed by atoms with van der Waals surface area (Å²) in [6.07, 6.45) is 11.0. The molecule has 4 nitrogen and oxygen atoms in total. The first-order valence-electron chi connectivity index (χ1n) is 8.84. The summed E-state index contributed by atoms with van der Waals surface area (Å²) in [6, 6.07) is 11.5. The smallest absolute Gasteiger partial charge is 0.266 e. The number of hydrogen-bond acceptors (Lipinski definition) is 3. The standard InChI is InChI=1S/C23H26N2O2/c1-5-17-25(18-6-2)22(26)23(3,4)27-21-11-9-19(10-12-21)7-8-20-13-15-24-16-14-20/h5-16H,1-2,17-18H2,3-4H3/b8-7+. The molecular formula is C23H26N2O2. The molecule has 4 heteroatoms. The largest absolute Gasteiger partial charge is 0.478 e. The summed E-state index contributed by atoms with van der Waals surface area (Å²) in [5, 5.41) is 0. The van der Waals surface area contributed by atoms with Gasteiger partial charge < -0.3 is 9.64 Å². The molecule has 0 atom stereocenters. The van der Waals surface area contributed by atoms with Gasteiger partial charge in [-0.1, -0.05) is 36.4 Å². The lowest BCUT2D eigenvalue weighted by atomic mass is 10.1. The maximum absolute atomic E-state index is 12.8. The molecule has 0 bridgehead atoms. The lowest BCUT2D eigenvalue weighted by Gasteiger charge is -2.31. The molecular weight excluding hydrogens is 336 g/mol. The lowest BCUT2D eigenvalue weighted by molar-refractivity contribution is -0.144. The van der Waals surface area contributed by atoms with Crippen LogP contribution in [0.4, 0.5) is 0 Å². The van der Waals surface area contributed by atoms with Gasteiger partial charge in [-0.25, -0.2) is 0 Å². The summed E-state index contributed by atoms with van der Waals surface area (Å²) in [7, 11) is 0. The van der Waals surface area contributed by atoms with Crippen LogP contribution in [0.25, 0.3) is 12.2 Å². The molecule has 0 aliphatic rings. The van der Waals surface area contributed by atoms with Crippen molar-refractivity contribution >= 4 is 18.1 Å². The van der Waals surface area contributed by atoms with E-state index in [4.69, 9.17) is 4.74 Å². The maximum Gasteiger partial charge on any atom is 0.266 e. The fraction of sp³-hybridized carbons (Fsp3) is 0.217. The van der Waals surface area contributed by atoms with E-state index in [-0.39, 0.29) is 5.91 Å². The molecule has 0 radical (unpaired) electrons. The van der Waals surface area contributed by atoms with Crippen molar-refractivity contribution in [1.82, 2.24) is 9.88 Å². The SMILES string of the molecule is C=CCN(CC=C)C(=O)C(C)(C)Oc1ccc(/C=C/c2ccncc2)cc1. The first-order chi connectivity index (χ1) is 13.0. The summed E-state index contributed by atoms with van der Waals surface area (Å²) >= 11 is 0. The molecule has 0 spiro atoms. The Hall–Kier alpha value is -3.14. The minimum Gasteiger partial charge on any atom is -0.478 e. The Bertz CT molecular complexity index is 783. The van der Waals surface area contributed by atoms with Gasteiger partial charge in [0.15, 0.2) is 5.60 Å². The lowest BCUT2D eigenvalue weighted by Crippen LogP contribution is -2.49. The fourth-order valence-corrected chi connectivity index (χ4v) is 2.59. The highest BCUT2D eigenvalue weighted by Crippen LogP contribution is 2.22. The number of amides is 1. The van der Waals surface area contributed by atoms with Crippen LogP contribution in [0.1, 0.15) is 25.0 Å². The van der Waals surface area contributed by atoms with Crippen LogP contribution in [0.3, 0.4) is 0 Å². The molecule has 0 N–H and O–H groups in total. The highest BCUT2D eigenvalue weighted by atomic mass is 16.5. The average Bonchev–Trinajstić information content (AvgIpc) is 2.67. The normalized spacial score (nSPS) is 11.2. The fourth-order valence-electron chi connectivity index (χ4n) is 2.59. The Labute approximate surface area is 161 Å². The van der Waals surface area contributed by atoms with E-state index in [0.29, 0.717) is 18.8 Å². The molecule has 2 aromatic rings. The van der Waals surface area contributed by atoms with E-state index < -0.39 is 5.60 Å². The first-order valence-corrected chi connectivity index (χ1v) is 8.84. The van der Waals surface area contributed by atoms with Gasteiger partial charge in [-0.15, -0.1) is 13.2 Å². The van der Waals surface area contributed by atoms with Crippen LogP contribution in [-0.2, 0) is 4.79 Å². The Kier molecular flexibility index (Phi) is 7.12. The summed E-state index contributed by atoms with van der Waals surface area (Å²) in [5.74, 6) is 0.538. The number of ether oxygens (including phenoxy) is 1. The minimum atomic E-state index is -0.986. The number of pyridine rings is 1. The Morgan fingerprint density at radius 3 is 2.04 bits per heavy atom. The number of carbonyl (C=O) groups is 1. The average molecular weight is 362 g/mol. The van der Waals surface area contributed by atoms with Gasteiger partial charge in [0.25, 0.3) is 5.91 Å². The monoisotopic (exact) mass is 362 g/mol. The van der Waals surface area contributed by atoms with E-state index in [1.807, 2.05) is 48.6 Å². The third kappa shape index (κ3) is 5.96. The molecule has 1 heterocycles. The van der Waals surface area contributed by atoms with Gasteiger partial charge >= 0.3 is 0 Å². The van der Waals surface area contributed by atoms with Crippen LogP contribution < -0.4 is 4.74 Å². The second-order valence-electron chi connectivity index (χ2n) is 6.58. The van der Waals surface area contributed by atoms with Gasteiger partial charge in [0.05, 0.1) is 0 Å². The predicted molar refractivity (Wildman–Crippen MR) is 111 cm³/mol. The molecule has 1 aromatic carbocycles. The number of hydrogen-bond donors (Lipinski definition) is 0. The molecule has 0 aliphatic heterocycles. The van der Waals surface area contributed by atoms with E-state index in [1.54, 1.807) is 43.3 Å². The summed E-state index contributed by atoms with van der Waals surface area (Å²) in [5.41, 5.74) is 1.14. The highest BCUT2D eigenvalue weighted by molar-refractivity contribution is 5.85. The van der Waals surface area contributed by atoms with Gasteiger partial charge in [0.2, 0.25) is 0 Å². The topological polar surface area (TPSA) is 42.4 Å². The molecule has 0 fully saturated rings. The molecule has 0 unspecified atom stereocenters. The van der Waals surface area contributed by atoms with Crippen molar-refractivity contribution in [3.05, 3.63) is 85.2 Å². The quantitative estimate of drug-likeness (QED) is 0.612. The first kappa shape index (κ1) is 20.2.